The van der Waals surface area contributed by atoms with Crippen LogP contribution in [-0.4, -0.2) is 29.7 Å². The van der Waals surface area contributed by atoms with Crippen LogP contribution < -0.4 is 10.1 Å². The number of carbonyl (C=O) groups is 1. The summed E-state index contributed by atoms with van der Waals surface area (Å²) in [6.07, 6.45) is 0. The molecule has 2 aromatic rings. The van der Waals surface area contributed by atoms with Crippen molar-refractivity contribution in [1.29, 1.82) is 0 Å². The molecule has 1 amide bonds. The Morgan fingerprint density at radius 3 is 2.71 bits per heavy atom. The maximum Gasteiger partial charge on any atom is 0.312 e. The van der Waals surface area contributed by atoms with Gasteiger partial charge >= 0.3 is 5.69 Å². The fourth-order valence-electron chi connectivity index (χ4n) is 1.83. The van der Waals surface area contributed by atoms with E-state index in [0.29, 0.717) is 6.54 Å². The van der Waals surface area contributed by atoms with Gasteiger partial charge in [0.05, 0.1) is 4.92 Å². The Bertz CT molecular complexity index is 712. The Hall–Kier alpha value is -2.25. The zero-order chi connectivity index (χ0) is 17.4. The van der Waals surface area contributed by atoms with Crippen LogP contribution in [0.3, 0.4) is 0 Å². The molecule has 0 aliphatic carbocycles. The first-order valence-electron chi connectivity index (χ1n) is 7.07. The smallest absolute Gasteiger partial charge is 0.312 e. The fourth-order valence-corrected chi connectivity index (χ4v) is 2.78. The Labute approximate surface area is 148 Å². The Kier molecular flexibility index (Phi) is 6.89. The van der Waals surface area contributed by atoms with Crippen LogP contribution in [0.2, 0.25) is 5.02 Å². The third-order valence-electron chi connectivity index (χ3n) is 2.91. The van der Waals surface area contributed by atoms with Gasteiger partial charge in [-0.3, -0.25) is 14.9 Å². The molecule has 0 saturated heterocycles. The van der Waals surface area contributed by atoms with Gasteiger partial charge in [0.1, 0.15) is 0 Å². The van der Waals surface area contributed by atoms with Gasteiger partial charge in [-0.2, -0.15) is 0 Å². The number of nitro groups is 1. The maximum atomic E-state index is 11.7. The fraction of sp³-hybridized carbons (Fsp3) is 0.188. The second kappa shape index (κ2) is 9.14. The van der Waals surface area contributed by atoms with E-state index in [9.17, 15) is 14.9 Å². The number of benzene rings is 2. The molecule has 0 saturated carbocycles. The quantitative estimate of drug-likeness (QED) is 0.334. The van der Waals surface area contributed by atoms with Gasteiger partial charge in [0, 0.05) is 28.3 Å². The predicted octanol–water partition coefficient (Wildman–Crippen LogP) is 3.54. The van der Waals surface area contributed by atoms with Crippen LogP contribution in [0.15, 0.2) is 53.4 Å². The van der Waals surface area contributed by atoms with Crippen molar-refractivity contribution in [2.45, 2.75) is 4.90 Å². The van der Waals surface area contributed by atoms with E-state index in [0.717, 1.165) is 10.6 Å². The number of carbonyl (C=O) groups excluding carboxylic acids is 1. The first-order valence-corrected chi connectivity index (χ1v) is 8.44. The lowest BCUT2D eigenvalue weighted by molar-refractivity contribution is -0.385. The largest absolute Gasteiger partial charge is 0.477 e. The minimum Gasteiger partial charge on any atom is -0.477 e. The van der Waals surface area contributed by atoms with Crippen molar-refractivity contribution in [1.82, 2.24) is 5.32 Å². The molecule has 0 radical (unpaired) electrons. The number of halogens is 1. The van der Waals surface area contributed by atoms with E-state index in [1.807, 2.05) is 30.3 Å². The van der Waals surface area contributed by atoms with Crippen molar-refractivity contribution in [3.63, 3.8) is 0 Å². The van der Waals surface area contributed by atoms with E-state index in [1.54, 1.807) is 11.8 Å². The average molecular weight is 367 g/mol. The molecule has 0 spiro atoms. The van der Waals surface area contributed by atoms with E-state index < -0.39 is 4.92 Å². The van der Waals surface area contributed by atoms with Gasteiger partial charge in [0.2, 0.25) is 0 Å². The molecule has 2 aromatic carbocycles. The van der Waals surface area contributed by atoms with E-state index >= 15 is 0 Å². The molecule has 126 valence electrons. The Balaban J connectivity index is 1.74. The van der Waals surface area contributed by atoms with Crippen molar-refractivity contribution < 1.29 is 14.5 Å². The summed E-state index contributed by atoms with van der Waals surface area (Å²) in [4.78, 5) is 23.2. The van der Waals surface area contributed by atoms with Crippen molar-refractivity contribution >= 4 is 35.0 Å². The molecular formula is C16H15ClN2O4S. The number of amides is 1. The molecule has 0 aromatic heterocycles. The number of thioether (sulfide) groups is 1. The van der Waals surface area contributed by atoms with Crippen LogP contribution in [0.4, 0.5) is 5.69 Å². The third kappa shape index (κ3) is 5.75. The van der Waals surface area contributed by atoms with Crippen LogP contribution in [-0.2, 0) is 4.79 Å². The predicted molar refractivity (Wildman–Crippen MR) is 93.8 cm³/mol. The topological polar surface area (TPSA) is 81.5 Å². The average Bonchev–Trinajstić information content (AvgIpc) is 2.58. The van der Waals surface area contributed by atoms with Gasteiger partial charge in [-0.25, -0.2) is 0 Å². The maximum absolute atomic E-state index is 11.7. The molecule has 0 heterocycles. The van der Waals surface area contributed by atoms with Crippen molar-refractivity contribution in [2.75, 3.05) is 18.9 Å². The zero-order valence-electron chi connectivity index (χ0n) is 12.6. The molecule has 24 heavy (non-hydrogen) atoms. The first kappa shape index (κ1) is 18.1. The molecule has 0 unspecified atom stereocenters. The summed E-state index contributed by atoms with van der Waals surface area (Å²) >= 11 is 7.34. The van der Waals surface area contributed by atoms with Crippen molar-refractivity contribution in [2.24, 2.45) is 0 Å². The summed E-state index contributed by atoms with van der Waals surface area (Å²) in [6.45, 7) is 0.183. The lowest BCUT2D eigenvalue weighted by Crippen LogP contribution is -2.30. The lowest BCUT2D eigenvalue weighted by Gasteiger charge is -2.08. The highest BCUT2D eigenvalue weighted by Crippen LogP contribution is 2.29. The SMILES string of the molecule is O=C(COc1ccc(Cl)cc1[N+](=O)[O-])NCCSc1ccccc1. The van der Waals surface area contributed by atoms with Crippen LogP contribution in [0.1, 0.15) is 0 Å². The molecule has 0 aliphatic rings. The molecule has 0 bridgehead atoms. The number of nitrogens with zero attached hydrogens (tertiary/aromatic N) is 1. The number of hydrogen-bond acceptors (Lipinski definition) is 5. The van der Waals surface area contributed by atoms with E-state index in [2.05, 4.69) is 5.32 Å². The number of nitro benzene ring substituents is 1. The van der Waals surface area contributed by atoms with E-state index in [-0.39, 0.29) is 29.0 Å². The van der Waals surface area contributed by atoms with Crippen molar-refractivity contribution in [3.8, 4) is 5.75 Å². The molecule has 2 rings (SSSR count). The number of ether oxygens (including phenoxy) is 1. The highest BCUT2D eigenvalue weighted by Gasteiger charge is 2.16. The molecular weight excluding hydrogens is 352 g/mol. The summed E-state index contributed by atoms with van der Waals surface area (Å²) < 4.78 is 5.21. The minimum absolute atomic E-state index is 0.0122. The molecule has 0 atom stereocenters. The summed E-state index contributed by atoms with van der Waals surface area (Å²) in [5.74, 6) is 0.391. The van der Waals surface area contributed by atoms with Crippen molar-refractivity contribution in [3.05, 3.63) is 63.7 Å². The first-order chi connectivity index (χ1) is 11.6. The molecule has 1 N–H and O–H groups in total. The Morgan fingerprint density at radius 2 is 2.00 bits per heavy atom. The minimum atomic E-state index is -0.602. The Morgan fingerprint density at radius 1 is 1.25 bits per heavy atom. The van der Waals surface area contributed by atoms with Gasteiger partial charge in [-0.1, -0.05) is 29.8 Å². The van der Waals surface area contributed by atoms with Crippen LogP contribution in [0.5, 0.6) is 5.75 Å². The van der Waals surface area contributed by atoms with Gasteiger partial charge < -0.3 is 10.1 Å². The third-order valence-corrected chi connectivity index (χ3v) is 4.16. The van der Waals surface area contributed by atoms with Gasteiger partial charge in [-0.15, -0.1) is 11.8 Å². The standard InChI is InChI=1S/C16H15ClN2O4S/c17-12-6-7-15(14(10-12)19(21)22)23-11-16(20)18-8-9-24-13-4-2-1-3-5-13/h1-7,10H,8-9,11H2,(H,18,20). The van der Waals surface area contributed by atoms with Crippen LogP contribution >= 0.6 is 23.4 Å². The summed E-state index contributed by atoms with van der Waals surface area (Å²) in [5.41, 5.74) is -0.269. The number of nitrogens with one attached hydrogen (secondary N) is 1. The highest BCUT2D eigenvalue weighted by molar-refractivity contribution is 7.99. The zero-order valence-corrected chi connectivity index (χ0v) is 14.2. The molecule has 6 nitrogen and oxygen atoms in total. The van der Waals surface area contributed by atoms with Crippen LogP contribution in [0.25, 0.3) is 0 Å². The normalized spacial score (nSPS) is 10.2. The second-order valence-corrected chi connectivity index (χ2v) is 6.27. The summed E-state index contributed by atoms with van der Waals surface area (Å²) in [7, 11) is 0. The highest BCUT2D eigenvalue weighted by atomic mass is 35.5. The van der Waals surface area contributed by atoms with E-state index in [1.165, 1.54) is 18.2 Å². The van der Waals surface area contributed by atoms with Gasteiger partial charge in [-0.05, 0) is 24.3 Å². The van der Waals surface area contributed by atoms with Crippen LogP contribution in [0, 0.1) is 10.1 Å². The number of rotatable bonds is 8. The summed E-state index contributed by atoms with van der Waals surface area (Å²) in [6, 6.07) is 13.9. The summed E-state index contributed by atoms with van der Waals surface area (Å²) in [5, 5.41) is 13.9. The number of hydrogen-bond donors (Lipinski definition) is 1. The molecule has 8 heteroatoms. The monoisotopic (exact) mass is 366 g/mol. The van der Waals surface area contributed by atoms with Gasteiger partial charge in [0.15, 0.2) is 12.4 Å². The molecule has 0 aliphatic heterocycles. The van der Waals surface area contributed by atoms with E-state index in [4.69, 9.17) is 16.3 Å². The second-order valence-electron chi connectivity index (χ2n) is 4.67. The van der Waals surface area contributed by atoms with Gasteiger partial charge in [0.25, 0.3) is 5.91 Å². The molecule has 0 fully saturated rings. The lowest BCUT2D eigenvalue weighted by atomic mass is 10.3.